The summed E-state index contributed by atoms with van der Waals surface area (Å²) in [5.41, 5.74) is 0.607. The van der Waals surface area contributed by atoms with Crippen LogP contribution in [0.2, 0.25) is 0 Å². The zero-order valence-corrected chi connectivity index (χ0v) is 19.5. The Bertz CT molecular complexity index is 1170. The van der Waals surface area contributed by atoms with Crippen LogP contribution in [0.1, 0.15) is 46.6 Å². The van der Waals surface area contributed by atoms with Crippen molar-refractivity contribution in [2.24, 2.45) is 0 Å². The van der Waals surface area contributed by atoms with Crippen LogP contribution in [0.4, 0.5) is 13.2 Å². The number of carboxylic acid groups (broad SMARTS) is 1. The van der Waals surface area contributed by atoms with E-state index in [0.29, 0.717) is 4.90 Å². The first-order chi connectivity index (χ1) is 15.8. The summed E-state index contributed by atoms with van der Waals surface area (Å²) in [4.78, 5) is 24.3. The summed E-state index contributed by atoms with van der Waals surface area (Å²) in [6, 6.07) is 13.3. The summed E-state index contributed by atoms with van der Waals surface area (Å²) in [7, 11) is 0. The lowest BCUT2D eigenvalue weighted by Crippen LogP contribution is -2.26. The number of carbonyl (C=O) groups excluding carboxylic acids is 1. The fraction of sp³-hybridized carbons (Fsp3) is 0.292. The summed E-state index contributed by atoms with van der Waals surface area (Å²) in [6.07, 6.45) is -3.47. The number of benzene rings is 2. The van der Waals surface area contributed by atoms with Gasteiger partial charge in [-0.1, -0.05) is 29.8 Å². The second-order valence-electron chi connectivity index (χ2n) is 8.20. The second-order valence-corrected chi connectivity index (χ2v) is 9.90. The number of alkyl halides is 3. The summed E-state index contributed by atoms with van der Waals surface area (Å²) >= 11 is 1.11. The number of aliphatic carboxylic acids is 1. The van der Waals surface area contributed by atoms with Crippen LogP contribution in [0.15, 0.2) is 59.6 Å². The van der Waals surface area contributed by atoms with Gasteiger partial charge in [-0.15, -0.1) is 11.8 Å². The van der Waals surface area contributed by atoms with Crippen molar-refractivity contribution in [2.75, 3.05) is 0 Å². The fourth-order valence-electron chi connectivity index (χ4n) is 2.99. The fourth-order valence-corrected chi connectivity index (χ4v) is 3.94. The number of hydrogen-bond donors (Lipinski definition) is 1. The Morgan fingerprint density at radius 2 is 1.68 bits per heavy atom. The number of halogens is 3. The maximum Gasteiger partial charge on any atom is 0.435 e. The van der Waals surface area contributed by atoms with Crippen molar-refractivity contribution in [3.63, 3.8) is 0 Å². The molecule has 0 saturated carbocycles. The Morgan fingerprint density at radius 1 is 1.06 bits per heavy atom. The molecule has 34 heavy (non-hydrogen) atoms. The Balaban J connectivity index is 1.70. The minimum Gasteiger partial charge on any atom is -0.480 e. The van der Waals surface area contributed by atoms with E-state index in [4.69, 9.17) is 4.74 Å². The van der Waals surface area contributed by atoms with E-state index >= 15 is 0 Å². The van der Waals surface area contributed by atoms with Crippen LogP contribution in [0.3, 0.4) is 0 Å². The highest BCUT2D eigenvalue weighted by molar-refractivity contribution is 8.01. The van der Waals surface area contributed by atoms with E-state index in [1.807, 2.05) is 31.2 Å². The molecule has 0 unspecified atom stereocenters. The Morgan fingerprint density at radius 3 is 2.24 bits per heavy atom. The van der Waals surface area contributed by atoms with Gasteiger partial charge in [0.15, 0.2) is 5.69 Å². The molecule has 6 nitrogen and oxygen atoms in total. The van der Waals surface area contributed by atoms with Gasteiger partial charge in [-0.05, 0) is 50.6 Å². The molecule has 2 aromatic carbocycles. The molecule has 3 rings (SSSR count). The Hall–Kier alpha value is -3.27. The van der Waals surface area contributed by atoms with Crippen molar-refractivity contribution < 1.29 is 32.6 Å². The van der Waals surface area contributed by atoms with Gasteiger partial charge in [-0.2, -0.15) is 18.3 Å². The van der Waals surface area contributed by atoms with E-state index in [1.54, 1.807) is 26.0 Å². The smallest absolute Gasteiger partial charge is 0.435 e. The normalized spacial score (nSPS) is 11.9. The third-order valence-electron chi connectivity index (χ3n) is 4.91. The van der Waals surface area contributed by atoms with E-state index in [0.717, 1.165) is 22.9 Å². The van der Waals surface area contributed by atoms with E-state index in [-0.39, 0.29) is 17.7 Å². The molecule has 3 aromatic rings. The van der Waals surface area contributed by atoms with Crippen LogP contribution in [0.25, 0.3) is 0 Å². The summed E-state index contributed by atoms with van der Waals surface area (Å²) in [5.74, 6) is -1.78. The molecule has 0 amide bonds. The van der Waals surface area contributed by atoms with Gasteiger partial charge < -0.3 is 9.84 Å². The SMILES string of the molecule is Cc1ccc(Cn2cc(COC(=O)c3ccc(SC(C)(C)C(=O)O)cc3)c(C(F)(F)F)n2)cc1. The number of thioether (sulfide) groups is 1. The minimum atomic E-state index is -4.70. The first-order valence-electron chi connectivity index (χ1n) is 10.2. The molecular weight excluding hydrogens is 469 g/mol. The highest BCUT2D eigenvalue weighted by atomic mass is 32.2. The lowest BCUT2D eigenvalue weighted by Gasteiger charge is -2.18. The third-order valence-corrected chi connectivity index (χ3v) is 6.10. The minimum absolute atomic E-state index is 0.137. The van der Waals surface area contributed by atoms with Crippen molar-refractivity contribution in [2.45, 2.75) is 49.7 Å². The highest BCUT2D eigenvalue weighted by Gasteiger charge is 2.37. The van der Waals surface area contributed by atoms with Gasteiger partial charge in [-0.3, -0.25) is 9.48 Å². The van der Waals surface area contributed by atoms with Crippen LogP contribution in [-0.2, 0) is 28.9 Å². The van der Waals surface area contributed by atoms with E-state index < -0.39 is 35.2 Å². The number of esters is 1. The summed E-state index contributed by atoms with van der Waals surface area (Å²) < 4.78 is 45.7. The average molecular weight is 493 g/mol. The molecule has 0 saturated heterocycles. The number of rotatable bonds is 8. The lowest BCUT2D eigenvalue weighted by atomic mass is 10.1. The van der Waals surface area contributed by atoms with Crippen molar-refractivity contribution in [1.82, 2.24) is 9.78 Å². The molecule has 0 atom stereocenters. The van der Waals surface area contributed by atoms with Gasteiger partial charge in [0.2, 0.25) is 0 Å². The number of carboxylic acids is 1. The van der Waals surface area contributed by atoms with Crippen molar-refractivity contribution in [3.05, 3.63) is 82.7 Å². The predicted octanol–water partition coefficient (Wildman–Crippen LogP) is 5.57. The summed E-state index contributed by atoms with van der Waals surface area (Å²) in [5, 5.41) is 12.9. The topological polar surface area (TPSA) is 81.4 Å². The lowest BCUT2D eigenvalue weighted by molar-refractivity contribution is -0.142. The average Bonchev–Trinajstić information content (AvgIpc) is 3.17. The quantitative estimate of drug-likeness (QED) is 0.327. The van der Waals surface area contributed by atoms with Gasteiger partial charge in [-0.25, -0.2) is 4.79 Å². The van der Waals surface area contributed by atoms with Crippen LogP contribution in [0, 0.1) is 6.92 Å². The highest BCUT2D eigenvalue weighted by Crippen LogP contribution is 2.33. The number of carbonyl (C=O) groups is 2. The third kappa shape index (κ3) is 6.40. The molecule has 1 N–H and O–H groups in total. The first-order valence-corrected chi connectivity index (χ1v) is 11.1. The number of hydrogen-bond acceptors (Lipinski definition) is 5. The Kier molecular flexibility index (Phi) is 7.40. The molecule has 180 valence electrons. The van der Waals surface area contributed by atoms with Crippen LogP contribution < -0.4 is 0 Å². The summed E-state index contributed by atoms with van der Waals surface area (Å²) in [6.45, 7) is 4.57. The molecule has 0 bridgehead atoms. The molecule has 0 spiro atoms. The molecular formula is C24H23F3N2O4S. The zero-order chi connectivity index (χ0) is 25.1. The molecule has 10 heteroatoms. The number of ether oxygens (including phenoxy) is 1. The van der Waals surface area contributed by atoms with Gasteiger partial charge >= 0.3 is 18.1 Å². The Labute approximate surface area is 198 Å². The monoisotopic (exact) mass is 492 g/mol. The van der Waals surface area contributed by atoms with E-state index in [9.17, 15) is 27.9 Å². The number of aromatic nitrogens is 2. The first kappa shape index (κ1) is 25.4. The largest absolute Gasteiger partial charge is 0.480 e. The van der Waals surface area contributed by atoms with Crippen LogP contribution in [-0.4, -0.2) is 31.6 Å². The van der Waals surface area contributed by atoms with Gasteiger partial charge in [0.05, 0.1) is 12.1 Å². The number of aryl methyl sites for hydroxylation is 1. The van der Waals surface area contributed by atoms with Crippen LogP contribution in [0.5, 0.6) is 0 Å². The van der Waals surface area contributed by atoms with E-state index in [1.165, 1.54) is 23.0 Å². The molecule has 0 fully saturated rings. The molecule has 0 aliphatic carbocycles. The van der Waals surface area contributed by atoms with Crippen molar-refractivity contribution in [1.29, 1.82) is 0 Å². The molecule has 0 aliphatic rings. The van der Waals surface area contributed by atoms with Gasteiger partial charge in [0.25, 0.3) is 0 Å². The number of nitrogens with zero attached hydrogens (tertiary/aromatic N) is 2. The maximum absolute atomic E-state index is 13.5. The molecule has 0 radical (unpaired) electrons. The van der Waals surface area contributed by atoms with E-state index in [2.05, 4.69) is 5.10 Å². The molecule has 1 heterocycles. The molecule has 0 aliphatic heterocycles. The second kappa shape index (κ2) is 9.92. The van der Waals surface area contributed by atoms with Crippen molar-refractivity contribution >= 4 is 23.7 Å². The predicted molar refractivity (Wildman–Crippen MR) is 121 cm³/mol. The van der Waals surface area contributed by atoms with Gasteiger partial charge in [0, 0.05) is 16.7 Å². The van der Waals surface area contributed by atoms with Crippen LogP contribution >= 0.6 is 11.8 Å². The maximum atomic E-state index is 13.5. The van der Waals surface area contributed by atoms with Crippen molar-refractivity contribution in [3.8, 4) is 0 Å². The standard InChI is InChI=1S/C24H23F3N2O4S/c1-15-4-6-16(7-5-15)12-29-13-18(20(28-29)24(25,26)27)14-33-21(30)17-8-10-19(11-9-17)34-23(2,3)22(31)32/h4-11,13H,12,14H2,1-3H3,(H,31,32). The molecule has 1 aromatic heterocycles. The van der Waals surface area contributed by atoms with Gasteiger partial charge in [0.1, 0.15) is 11.4 Å². The zero-order valence-electron chi connectivity index (χ0n) is 18.7.